The third-order valence-corrected chi connectivity index (χ3v) is 4.14. The fourth-order valence-electron chi connectivity index (χ4n) is 2.52. The smallest absolute Gasteiger partial charge is 0.244 e. The maximum Gasteiger partial charge on any atom is 0.244 e. The van der Waals surface area contributed by atoms with Gasteiger partial charge in [-0.15, -0.1) is 0 Å². The van der Waals surface area contributed by atoms with Gasteiger partial charge in [-0.05, 0) is 40.8 Å². The number of amides is 1. The Bertz CT molecular complexity index is 452. The van der Waals surface area contributed by atoms with Gasteiger partial charge in [-0.2, -0.15) is 0 Å². The van der Waals surface area contributed by atoms with E-state index >= 15 is 0 Å². The molecule has 0 radical (unpaired) electrons. The van der Waals surface area contributed by atoms with Gasteiger partial charge in [-0.1, -0.05) is 19.8 Å². The van der Waals surface area contributed by atoms with Gasteiger partial charge >= 0.3 is 0 Å². The first-order chi connectivity index (χ1) is 8.51. The molecule has 1 saturated carbocycles. The van der Waals surface area contributed by atoms with Gasteiger partial charge < -0.3 is 11.1 Å². The molecule has 5 heteroatoms. The molecule has 0 spiro atoms. The Labute approximate surface area is 115 Å². The Morgan fingerprint density at radius 3 is 3.11 bits per heavy atom. The molecule has 1 aromatic rings. The molecule has 4 nitrogen and oxygen atoms in total. The van der Waals surface area contributed by atoms with E-state index in [2.05, 4.69) is 33.2 Å². The van der Waals surface area contributed by atoms with Gasteiger partial charge in [0, 0.05) is 12.4 Å². The number of nitrogens with one attached hydrogen (secondary N) is 1. The summed E-state index contributed by atoms with van der Waals surface area (Å²) in [5.74, 6) is 0.413. The van der Waals surface area contributed by atoms with E-state index < -0.39 is 5.54 Å². The van der Waals surface area contributed by atoms with E-state index in [0.717, 1.165) is 35.8 Å². The van der Waals surface area contributed by atoms with Crippen LogP contribution in [0.1, 0.15) is 32.6 Å². The molecule has 0 bridgehead atoms. The minimum Gasteiger partial charge on any atom is -0.323 e. The summed E-state index contributed by atoms with van der Waals surface area (Å²) in [6, 6.07) is 1.76. The predicted molar refractivity (Wildman–Crippen MR) is 75.1 cm³/mol. The number of aromatic nitrogens is 1. The second kappa shape index (κ2) is 5.36. The molecule has 1 aliphatic rings. The molecule has 2 rings (SSSR count). The van der Waals surface area contributed by atoms with E-state index in [9.17, 15) is 4.79 Å². The Morgan fingerprint density at radius 2 is 2.44 bits per heavy atom. The summed E-state index contributed by atoms with van der Waals surface area (Å²) in [5.41, 5.74) is 6.23. The lowest BCUT2D eigenvalue weighted by Gasteiger charge is -2.35. The summed E-state index contributed by atoms with van der Waals surface area (Å²) in [5, 5.41) is 2.89. The van der Waals surface area contributed by atoms with Crippen LogP contribution >= 0.6 is 15.9 Å². The van der Waals surface area contributed by atoms with Crippen molar-refractivity contribution in [2.45, 2.75) is 38.1 Å². The molecule has 2 unspecified atom stereocenters. The van der Waals surface area contributed by atoms with Gasteiger partial charge in [-0.25, -0.2) is 0 Å². The molecule has 98 valence electrons. The SMILES string of the molecule is CC1CCCC(N)(C(=O)Nc2ccncc2Br)C1. The van der Waals surface area contributed by atoms with Crippen LogP contribution in [0.3, 0.4) is 0 Å². The zero-order valence-electron chi connectivity index (χ0n) is 10.4. The maximum atomic E-state index is 12.3. The van der Waals surface area contributed by atoms with Crippen LogP contribution in [0.5, 0.6) is 0 Å². The number of anilines is 1. The molecular formula is C13H18BrN3O. The van der Waals surface area contributed by atoms with Gasteiger partial charge in [-0.3, -0.25) is 9.78 Å². The van der Waals surface area contributed by atoms with Crippen molar-refractivity contribution in [3.63, 3.8) is 0 Å². The molecule has 18 heavy (non-hydrogen) atoms. The zero-order valence-corrected chi connectivity index (χ0v) is 12.0. The van der Waals surface area contributed by atoms with Crippen LogP contribution in [0.2, 0.25) is 0 Å². The lowest BCUT2D eigenvalue weighted by atomic mass is 9.76. The third-order valence-electron chi connectivity index (χ3n) is 3.51. The number of hydrogen-bond acceptors (Lipinski definition) is 3. The first-order valence-electron chi connectivity index (χ1n) is 6.21. The second-order valence-corrected chi connectivity index (χ2v) is 6.02. The fourth-order valence-corrected chi connectivity index (χ4v) is 2.87. The van der Waals surface area contributed by atoms with Crippen LogP contribution in [0.15, 0.2) is 22.9 Å². The molecule has 0 saturated heterocycles. The number of halogens is 1. The number of carbonyl (C=O) groups excluding carboxylic acids is 1. The van der Waals surface area contributed by atoms with Crippen molar-refractivity contribution in [2.24, 2.45) is 11.7 Å². The molecule has 1 aromatic heterocycles. The molecule has 1 amide bonds. The van der Waals surface area contributed by atoms with Crippen LogP contribution in [-0.4, -0.2) is 16.4 Å². The maximum absolute atomic E-state index is 12.3. The summed E-state index contributed by atoms with van der Waals surface area (Å²) < 4.78 is 0.769. The van der Waals surface area contributed by atoms with Crippen molar-refractivity contribution in [2.75, 3.05) is 5.32 Å². The molecule has 1 heterocycles. The minimum absolute atomic E-state index is 0.0963. The molecule has 0 aliphatic heterocycles. The highest BCUT2D eigenvalue weighted by molar-refractivity contribution is 9.10. The van der Waals surface area contributed by atoms with E-state index in [0.29, 0.717) is 5.92 Å². The van der Waals surface area contributed by atoms with Gasteiger partial charge in [0.2, 0.25) is 5.91 Å². The fraction of sp³-hybridized carbons (Fsp3) is 0.538. The number of nitrogens with two attached hydrogens (primary N) is 1. The van der Waals surface area contributed by atoms with Crippen molar-refractivity contribution in [3.05, 3.63) is 22.9 Å². The monoisotopic (exact) mass is 311 g/mol. The Kier molecular flexibility index (Phi) is 4.02. The van der Waals surface area contributed by atoms with Crippen LogP contribution in [-0.2, 0) is 4.79 Å². The van der Waals surface area contributed by atoms with Crippen LogP contribution in [0.25, 0.3) is 0 Å². The van der Waals surface area contributed by atoms with Crippen molar-refractivity contribution in [1.29, 1.82) is 0 Å². The van der Waals surface area contributed by atoms with Gasteiger partial charge in [0.05, 0.1) is 15.7 Å². The Morgan fingerprint density at radius 1 is 1.67 bits per heavy atom. The second-order valence-electron chi connectivity index (χ2n) is 5.17. The highest BCUT2D eigenvalue weighted by Crippen LogP contribution is 2.32. The molecule has 2 atom stereocenters. The first-order valence-corrected chi connectivity index (χ1v) is 7.00. The van der Waals surface area contributed by atoms with E-state index in [-0.39, 0.29) is 5.91 Å². The number of pyridine rings is 1. The summed E-state index contributed by atoms with van der Waals surface area (Å²) in [6.45, 7) is 2.15. The van der Waals surface area contributed by atoms with Crippen LogP contribution in [0.4, 0.5) is 5.69 Å². The lowest BCUT2D eigenvalue weighted by Crippen LogP contribution is -2.53. The molecule has 3 N–H and O–H groups in total. The number of nitrogens with zero attached hydrogens (tertiary/aromatic N) is 1. The Hall–Kier alpha value is -0.940. The molecule has 0 aromatic carbocycles. The van der Waals surface area contributed by atoms with E-state index in [1.54, 1.807) is 18.5 Å². The average molecular weight is 312 g/mol. The summed E-state index contributed by atoms with van der Waals surface area (Å²) >= 11 is 3.36. The number of rotatable bonds is 2. The summed E-state index contributed by atoms with van der Waals surface area (Å²) in [7, 11) is 0. The lowest BCUT2D eigenvalue weighted by molar-refractivity contribution is -0.122. The summed E-state index contributed by atoms with van der Waals surface area (Å²) in [4.78, 5) is 16.3. The normalized spacial score (nSPS) is 27.8. The quantitative estimate of drug-likeness (QED) is 0.882. The van der Waals surface area contributed by atoms with Crippen molar-refractivity contribution in [1.82, 2.24) is 4.98 Å². The minimum atomic E-state index is -0.736. The van der Waals surface area contributed by atoms with Crippen LogP contribution in [0, 0.1) is 5.92 Å². The topological polar surface area (TPSA) is 68.0 Å². The van der Waals surface area contributed by atoms with Gasteiger partial charge in [0.15, 0.2) is 0 Å². The predicted octanol–water partition coefficient (Wildman–Crippen LogP) is 2.69. The van der Waals surface area contributed by atoms with Gasteiger partial charge in [0.25, 0.3) is 0 Å². The average Bonchev–Trinajstić information content (AvgIpc) is 2.31. The van der Waals surface area contributed by atoms with Gasteiger partial charge in [0.1, 0.15) is 0 Å². The summed E-state index contributed by atoms with van der Waals surface area (Å²) in [6.07, 6.45) is 6.98. The highest BCUT2D eigenvalue weighted by atomic mass is 79.9. The molecule has 1 fully saturated rings. The standard InChI is InChI=1S/C13H18BrN3O/c1-9-3-2-5-13(15,7-9)12(18)17-11-4-6-16-8-10(11)14/h4,6,8-9H,2-3,5,7,15H2,1H3,(H,16,17,18). The van der Waals surface area contributed by atoms with E-state index in [1.165, 1.54) is 0 Å². The molecule has 1 aliphatic carbocycles. The van der Waals surface area contributed by atoms with E-state index in [1.807, 2.05) is 0 Å². The Balaban J connectivity index is 2.10. The van der Waals surface area contributed by atoms with Crippen molar-refractivity contribution >= 4 is 27.5 Å². The first kappa shape index (κ1) is 13.5. The third kappa shape index (κ3) is 2.90. The molecular weight excluding hydrogens is 294 g/mol. The number of hydrogen-bond donors (Lipinski definition) is 2. The zero-order chi connectivity index (χ0) is 13.2. The number of carbonyl (C=O) groups is 1. The van der Waals surface area contributed by atoms with Crippen LogP contribution < -0.4 is 11.1 Å². The van der Waals surface area contributed by atoms with Crippen molar-refractivity contribution < 1.29 is 4.79 Å². The highest BCUT2D eigenvalue weighted by Gasteiger charge is 2.38. The van der Waals surface area contributed by atoms with E-state index in [4.69, 9.17) is 5.73 Å². The van der Waals surface area contributed by atoms with Crippen molar-refractivity contribution in [3.8, 4) is 0 Å². The largest absolute Gasteiger partial charge is 0.323 e.